The molecule has 0 aliphatic heterocycles. The summed E-state index contributed by atoms with van der Waals surface area (Å²) in [5.74, 6) is 0. The van der Waals surface area contributed by atoms with E-state index in [1.54, 1.807) is 18.9 Å². The lowest BCUT2D eigenvalue weighted by Crippen LogP contribution is -2.38. The van der Waals surface area contributed by atoms with Gasteiger partial charge < -0.3 is 15.1 Å². The van der Waals surface area contributed by atoms with Gasteiger partial charge in [0.25, 0.3) is 0 Å². The molecule has 0 aliphatic rings. The van der Waals surface area contributed by atoms with E-state index in [9.17, 15) is 23.4 Å². The van der Waals surface area contributed by atoms with Gasteiger partial charge in [-0.15, -0.1) is 0 Å². The van der Waals surface area contributed by atoms with Crippen LogP contribution in [0.5, 0.6) is 0 Å². The molecule has 0 heterocycles. The summed E-state index contributed by atoms with van der Waals surface area (Å²) in [6, 6.07) is 3.78. The van der Waals surface area contributed by atoms with Crippen LogP contribution in [-0.4, -0.2) is 41.9 Å². The second kappa shape index (κ2) is 6.96. The van der Waals surface area contributed by atoms with Gasteiger partial charge in [0, 0.05) is 18.5 Å². The molecule has 0 amide bonds. The van der Waals surface area contributed by atoms with Crippen molar-refractivity contribution in [2.75, 3.05) is 26.8 Å². The van der Waals surface area contributed by atoms with E-state index in [0.717, 1.165) is 6.07 Å². The zero-order valence-electron chi connectivity index (χ0n) is 11.9. The van der Waals surface area contributed by atoms with Gasteiger partial charge in [-0.2, -0.15) is 13.2 Å². The van der Waals surface area contributed by atoms with Crippen LogP contribution in [0.1, 0.15) is 18.1 Å². The van der Waals surface area contributed by atoms with Gasteiger partial charge in [0.05, 0.1) is 23.8 Å². The van der Waals surface area contributed by atoms with Crippen LogP contribution >= 0.6 is 11.6 Å². The van der Waals surface area contributed by atoms with Crippen LogP contribution < -0.4 is 0 Å². The molecule has 0 aromatic heterocycles. The van der Waals surface area contributed by atoms with E-state index in [2.05, 4.69) is 0 Å². The average Bonchev–Trinajstić information content (AvgIpc) is 2.39. The van der Waals surface area contributed by atoms with Crippen molar-refractivity contribution >= 4 is 11.6 Å². The molecule has 1 aromatic carbocycles. The summed E-state index contributed by atoms with van der Waals surface area (Å²) >= 11 is 5.57. The largest absolute Gasteiger partial charge is 0.417 e. The quantitative estimate of drug-likeness (QED) is 0.845. The fourth-order valence-electron chi connectivity index (χ4n) is 2.06. The highest BCUT2D eigenvalue weighted by atomic mass is 35.5. The number of halogens is 4. The van der Waals surface area contributed by atoms with E-state index in [-0.39, 0.29) is 24.8 Å². The number of aliphatic hydroxyl groups excluding tert-OH is 2. The van der Waals surface area contributed by atoms with Crippen LogP contribution in [0.4, 0.5) is 13.2 Å². The predicted octanol–water partition coefficient (Wildman–Crippen LogP) is 2.78. The summed E-state index contributed by atoms with van der Waals surface area (Å²) in [5.41, 5.74) is -1.09. The summed E-state index contributed by atoms with van der Waals surface area (Å²) < 4.78 is 38.3. The molecular formula is C14H19ClF3NO2. The van der Waals surface area contributed by atoms with E-state index in [1.807, 2.05) is 0 Å². The number of aliphatic hydroxyl groups is 2. The molecule has 0 unspecified atom stereocenters. The number of hydrogen-bond donors (Lipinski definition) is 2. The van der Waals surface area contributed by atoms with Gasteiger partial charge >= 0.3 is 6.18 Å². The third kappa shape index (κ3) is 5.14. The maximum absolute atomic E-state index is 12.8. The number of hydrogen-bond acceptors (Lipinski definition) is 3. The second-order valence-electron chi connectivity index (χ2n) is 5.61. The summed E-state index contributed by atoms with van der Waals surface area (Å²) in [5, 5.41) is 18.1. The molecule has 3 nitrogen and oxygen atoms in total. The zero-order valence-corrected chi connectivity index (χ0v) is 12.7. The van der Waals surface area contributed by atoms with Crippen molar-refractivity contribution < 1.29 is 23.4 Å². The van der Waals surface area contributed by atoms with Crippen molar-refractivity contribution in [3.8, 4) is 0 Å². The topological polar surface area (TPSA) is 43.7 Å². The molecule has 21 heavy (non-hydrogen) atoms. The van der Waals surface area contributed by atoms with Gasteiger partial charge in [-0.1, -0.05) is 24.6 Å². The van der Waals surface area contributed by atoms with E-state index in [0.29, 0.717) is 12.1 Å². The highest BCUT2D eigenvalue weighted by Gasteiger charge is 2.33. The van der Waals surface area contributed by atoms with Gasteiger partial charge in [-0.3, -0.25) is 0 Å². The number of rotatable bonds is 6. The minimum Gasteiger partial charge on any atom is -0.396 e. The molecule has 0 fully saturated rings. The van der Waals surface area contributed by atoms with Crippen molar-refractivity contribution in [2.24, 2.45) is 5.41 Å². The van der Waals surface area contributed by atoms with Crippen molar-refractivity contribution in [3.63, 3.8) is 0 Å². The average molecular weight is 326 g/mol. The van der Waals surface area contributed by atoms with Crippen molar-refractivity contribution in [1.82, 2.24) is 4.90 Å². The maximum Gasteiger partial charge on any atom is 0.417 e. The second-order valence-corrected chi connectivity index (χ2v) is 6.02. The monoisotopic (exact) mass is 325 g/mol. The Morgan fingerprint density at radius 3 is 2.24 bits per heavy atom. The molecule has 1 aromatic rings. The van der Waals surface area contributed by atoms with E-state index < -0.39 is 17.2 Å². The lowest BCUT2D eigenvalue weighted by atomic mass is 9.92. The smallest absolute Gasteiger partial charge is 0.396 e. The normalized spacial score (nSPS) is 13.0. The number of benzene rings is 1. The zero-order chi connectivity index (χ0) is 16.3. The van der Waals surface area contributed by atoms with Gasteiger partial charge in [0.2, 0.25) is 0 Å². The van der Waals surface area contributed by atoms with Crippen LogP contribution in [-0.2, 0) is 12.7 Å². The first kappa shape index (κ1) is 18.2. The lowest BCUT2D eigenvalue weighted by molar-refractivity contribution is -0.137. The number of nitrogens with zero attached hydrogens (tertiary/aromatic N) is 1. The first-order chi connectivity index (χ1) is 9.61. The van der Waals surface area contributed by atoms with E-state index >= 15 is 0 Å². The molecule has 0 spiro atoms. The van der Waals surface area contributed by atoms with Crippen LogP contribution in [0.15, 0.2) is 18.2 Å². The van der Waals surface area contributed by atoms with Crippen molar-refractivity contribution in [1.29, 1.82) is 0 Å². The SMILES string of the molecule is CN(Cc1ccc(Cl)c(C(F)(F)F)c1)CC(C)(CO)CO. The van der Waals surface area contributed by atoms with Crippen LogP contribution in [0.3, 0.4) is 0 Å². The number of alkyl halides is 3. The molecule has 0 atom stereocenters. The Balaban J connectivity index is 2.84. The van der Waals surface area contributed by atoms with Gasteiger partial charge in [-0.25, -0.2) is 0 Å². The highest BCUT2D eigenvalue weighted by molar-refractivity contribution is 6.31. The fourth-order valence-corrected chi connectivity index (χ4v) is 2.28. The standard InChI is InChI=1S/C14H19ClF3NO2/c1-13(8-20,9-21)7-19(2)6-10-3-4-12(15)11(5-10)14(16,17)18/h3-5,20-21H,6-9H2,1-2H3. The van der Waals surface area contributed by atoms with Crippen molar-refractivity contribution in [2.45, 2.75) is 19.6 Å². The molecule has 1 rings (SSSR count). The van der Waals surface area contributed by atoms with Gasteiger partial charge in [0.15, 0.2) is 0 Å². The van der Waals surface area contributed by atoms with Crippen LogP contribution in [0.2, 0.25) is 5.02 Å². The summed E-state index contributed by atoms with van der Waals surface area (Å²) in [6.07, 6.45) is -4.49. The third-order valence-corrected chi connectivity index (χ3v) is 3.53. The Morgan fingerprint density at radius 2 is 1.76 bits per heavy atom. The van der Waals surface area contributed by atoms with E-state index in [4.69, 9.17) is 11.6 Å². The molecule has 0 bridgehead atoms. The molecular weight excluding hydrogens is 307 g/mol. The molecule has 2 N–H and O–H groups in total. The lowest BCUT2D eigenvalue weighted by Gasteiger charge is -2.30. The van der Waals surface area contributed by atoms with Crippen LogP contribution in [0.25, 0.3) is 0 Å². The molecule has 0 saturated heterocycles. The molecule has 0 saturated carbocycles. The van der Waals surface area contributed by atoms with E-state index in [1.165, 1.54) is 12.1 Å². The summed E-state index contributed by atoms with van der Waals surface area (Å²) in [6.45, 7) is 1.90. The first-order valence-electron chi connectivity index (χ1n) is 6.37. The van der Waals surface area contributed by atoms with Crippen molar-refractivity contribution in [3.05, 3.63) is 34.3 Å². The Bertz CT molecular complexity index is 476. The molecule has 120 valence electrons. The summed E-state index contributed by atoms with van der Waals surface area (Å²) in [7, 11) is 1.71. The Hall–Kier alpha value is -0.820. The minimum atomic E-state index is -4.49. The maximum atomic E-state index is 12.8. The van der Waals surface area contributed by atoms with Gasteiger partial charge in [0.1, 0.15) is 0 Å². The molecule has 0 radical (unpaired) electrons. The Labute approximate surface area is 126 Å². The van der Waals surface area contributed by atoms with Crippen LogP contribution in [0, 0.1) is 5.41 Å². The molecule has 0 aliphatic carbocycles. The van der Waals surface area contributed by atoms with Gasteiger partial charge in [-0.05, 0) is 24.7 Å². The highest BCUT2D eigenvalue weighted by Crippen LogP contribution is 2.35. The third-order valence-electron chi connectivity index (χ3n) is 3.20. The minimum absolute atomic E-state index is 0.206. The molecule has 7 heteroatoms. The summed E-state index contributed by atoms with van der Waals surface area (Å²) in [4.78, 5) is 1.75. The first-order valence-corrected chi connectivity index (χ1v) is 6.75. The Morgan fingerprint density at radius 1 is 1.19 bits per heavy atom. The fraction of sp³-hybridized carbons (Fsp3) is 0.571. The predicted molar refractivity (Wildman–Crippen MR) is 75.1 cm³/mol. The Kier molecular flexibility index (Phi) is 6.04.